The number of halogens is 1. The zero-order chi connectivity index (χ0) is 10.6. The number of Topliss-reactive ketones (excluding diaryl/α,β-unsaturated/α-hetero) is 1. The van der Waals surface area contributed by atoms with Gasteiger partial charge in [0.15, 0.2) is 5.78 Å². The fraction of sp³-hybridized carbons (Fsp3) is 0.364. The highest BCUT2D eigenvalue weighted by atomic mass is 79.9. The lowest BCUT2D eigenvalue weighted by Gasteiger charge is -2.06. The van der Waals surface area contributed by atoms with Crippen molar-refractivity contribution in [1.29, 1.82) is 0 Å². The molecule has 2 nitrogen and oxygen atoms in total. The van der Waals surface area contributed by atoms with E-state index >= 15 is 0 Å². The Morgan fingerprint density at radius 1 is 1.43 bits per heavy atom. The van der Waals surface area contributed by atoms with Crippen LogP contribution in [0.1, 0.15) is 22.8 Å². The summed E-state index contributed by atoms with van der Waals surface area (Å²) >= 11 is 3.15. The van der Waals surface area contributed by atoms with Crippen molar-refractivity contribution in [3.63, 3.8) is 0 Å². The van der Waals surface area contributed by atoms with E-state index in [-0.39, 0.29) is 5.78 Å². The first-order valence-corrected chi connectivity index (χ1v) is 5.63. The Morgan fingerprint density at radius 2 is 2.14 bits per heavy atom. The number of rotatable bonds is 4. The van der Waals surface area contributed by atoms with Crippen LogP contribution in [0.2, 0.25) is 0 Å². The molecule has 0 heterocycles. The van der Waals surface area contributed by atoms with Crippen LogP contribution in [-0.4, -0.2) is 17.7 Å². The first-order valence-electron chi connectivity index (χ1n) is 4.51. The minimum absolute atomic E-state index is 0.0784. The second kappa shape index (κ2) is 5.15. The number of hydrogen-bond donors (Lipinski definition) is 0. The molecule has 0 N–H and O–H groups in total. The van der Waals surface area contributed by atoms with Gasteiger partial charge in [-0.25, -0.2) is 0 Å². The van der Waals surface area contributed by atoms with Crippen molar-refractivity contribution in [2.75, 3.05) is 11.9 Å². The molecule has 0 aliphatic heterocycles. The van der Waals surface area contributed by atoms with Crippen molar-refractivity contribution in [1.82, 2.24) is 0 Å². The summed E-state index contributed by atoms with van der Waals surface area (Å²) in [5.74, 6) is 0.839. The number of aryl methyl sites for hydroxylation is 1. The largest absolute Gasteiger partial charge is 0.494 e. The van der Waals surface area contributed by atoms with Gasteiger partial charge < -0.3 is 4.74 Å². The van der Waals surface area contributed by atoms with Crippen molar-refractivity contribution in [2.24, 2.45) is 0 Å². The molecular weight excluding hydrogens is 244 g/mol. The lowest BCUT2D eigenvalue weighted by Crippen LogP contribution is -2.01. The number of hydrogen-bond acceptors (Lipinski definition) is 2. The molecule has 3 heteroatoms. The second-order valence-electron chi connectivity index (χ2n) is 3.02. The van der Waals surface area contributed by atoms with Gasteiger partial charge in [0, 0.05) is 5.56 Å². The summed E-state index contributed by atoms with van der Waals surface area (Å²) < 4.78 is 5.35. The van der Waals surface area contributed by atoms with Gasteiger partial charge in [-0.1, -0.05) is 15.9 Å². The Labute approximate surface area is 92.4 Å². The first kappa shape index (κ1) is 11.2. The highest BCUT2D eigenvalue weighted by Crippen LogP contribution is 2.17. The molecule has 1 aromatic carbocycles. The van der Waals surface area contributed by atoms with Crippen LogP contribution in [0.5, 0.6) is 5.75 Å². The van der Waals surface area contributed by atoms with E-state index in [1.54, 1.807) is 6.07 Å². The minimum Gasteiger partial charge on any atom is -0.494 e. The average molecular weight is 257 g/mol. The second-order valence-corrected chi connectivity index (χ2v) is 3.59. The lowest BCUT2D eigenvalue weighted by molar-refractivity contribution is 0.102. The lowest BCUT2D eigenvalue weighted by atomic mass is 10.1. The zero-order valence-corrected chi connectivity index (χ0v) is 9.93. The van der Waals surface area contributed by atoms with Crippen molar-refractivity contribution in [3.05, 3.63) is 29.3 Å². The third-order valence-corrected chi connectivity index (χ3v) is 2.31. The number of ether oxygens (including phenoxy) is 1. The van der Waals surface area contributed by atoms with Gasteiger partial charge >= 0.3 is 0 Å². The predicted octanol–water partition coefficient (Wildman–Crippen LogP) is 2.97. The third kappa shape index (κ3) is 2.84. The minimum atomic E-state index is 0.0784. The Morgan fingerprint density at radius 3 is 2.71 bits per heavy atom. The zero-order valence-electron chi connectivity index (χ0n) is 8.34. The van der Waals surface area contributed by atoms with E-state index in [0.717, 1.165) is 11.3 Å². The number of carbonyl (C=O) groups is 1. The average Bonchev–Trinajstić information content (AvgIpc) is 2.16. The van der Waals surface area contributed by atoms with Crippen LogP contribution >= 0.6 is 15.9 Å². The van der Waals surface area contributed by atoms with Gasteiger partial charge in [-0.2, -0.15) is 0 Å². The van der Waals surface area contributed by atoms with Crippen LogP contribution < -0.4 is 4.74 Å². The Kier molecular flexibility index (Phi) is 4.14. The van der Waals surface area contributed by atoms with E-state index in [9.17, 15) is 4.79 Å². The summed E-state index contributed by atoms with van der Waals surface area (Å²) in [5, 5.41) is 0.349. The maximum atomic E-state index is 11.4. The molecule has 0 fully saturated rings. The molecule has 0 spiro atoms. The SMILES string of the molecule is CCOc1cc(C)cc(C(=O)CBr)c1. The fourth-order valence-electron chi connectivity index (χ4n) is 1.24. The van der Waals surface area contributed by atoms with Gasteiger partial charge in [0.2, 0.25) is 0 Å². The number of alkyl halides is 1. The van der Waals surface area contributed by atoms with Crippen molar-refractivity contribution < 1.29 is 9.53 Å². The molecular formula is C11H13BrO2. The monoisotopic (exact) mass is 256 g/mol. The van der Waals surface area contributed by atoms with Gasteiger partial charge in [-0.15, -0.1) is 0 Å². The van der Waals surface area contributed by atoms with Crippen LogP contribution in [0, 0.1) is 6.92 Å². The number of ketones is 1. The summed E-state index contributed by atoms with van der Waals surface area (Å²) in [5.41, 5.74) is 1.74. The van der Waals surface area contributed by atoms with Gasteiger partial charge in [-0.3, -0.25) is 4.79 Å². The van der Waals surface area contributed by atoms with Gasteiger partial charge in [0.1, 0.15) is 5.75 Å². The van der Waals surface area contributed by atoms with Crippen LogP contribution in [-0.2, 0) is 0 Å². The fourth-order valence-corrected chi connectivity index (χ4v) is 1.56. The summed E-state index contributed by atoms with van der Waals surface area (Å²) in [7, 11) is 0. The molecule has 1 rings (SSSR count). The third-order valence-electron chi connectivity index (χ3n) is 1.81. The molecule has 0 aliphatic carbocycles. The van der Waals surface area contributed by atoms with E-state index in [1.807, 2.05) is 26.0 Å². The molecule has 14 heavy (non-hydrogen) atoms. The van der Waals surface area contributed by atoms with Crippen LogP contribution in [0.15, 0.2) is 18.2 Å². The molecule has 0 saturated carbocycles. The highest BCUT2D eigenvalue weighted by molar-refractivity contribution is 9.09. The Bertz CT molecular complexity index is 334. The molecule has 0 bridgehead atoms. The van der Waals surface area contributed by atoms with E-state index < -0.39 is 0 Å². The summed E-state index contributed by atoms with van der Waals surface area (Å²) in [6, 6.07) is 5.57. The topological polar surface area (TPSA) is 26.3 Å². The molecule has 0 aromatic heterocycles. The van der Waals surface area contributed by atoms with Crippen molar-refractivity contribution >= 4 is 21.7 Å². The highest BCUT2D eigenvalue weighted by Gasteiger charge is 2.06. The van der Waals surface area contributed by atoms with Gasteiger partial charge in [0.25, 0.3) is 0 Å². The molecule has 0 radical (unpaired) electrons. The molecule has 0 atom stereocenters. The van der Waals surface area contributed by atoms with Crippen LogP contribution in [0.4, 0.5) is 0 Å². The Hall–Kier alpha value is -0.830. The van der Waals surface area contributed by atoms with Crippen molar-refractivity contribution in [2.45, 2.75) is 13.8 Å². The standard InChI is InChI=1S/C11H13BrO2/c1-3-14-10-5-8(2)4-9(6-10)11(13)7-12/h4-6H,3,7H2,1-2H3. The van der Waals surface area contributed by atoms with Crippen molar-refractivity contribution in [3.8, 4) is 5.75 Å². The molecule has 0 saturated heterocycles. The maximum absolute atomic E-state index is 11.4. The van der Waals surface area contributed by atoms with E-state index in [2.05, 4.69) is 15.9 Å². The van der Waals surface area contributed by atoms with E-state index in [1.165, 1.54) is 0 Å². The molecule has 0 aliphatic rings. The van der Waals surface area contributed by atoms with E-state index in [0.29, 0.717) is 17.5 Å². The maximum Gasteiger partial charge on any atom is 0.173 e. The van der Waals surface area contributed by atoms with Gasteiger partial charge in [0.05, 0.1) is 11.9 Å². The first-order chi connectivity index (χ1) is 6.67. The van der Waals surface area contributed by atoms with Crippen LogP contribution in [0.3, 0.4) is 0 Å². The van der Waals surface area contributed by atoms with E-state index in [4.69, 9.17) is 4.74 Å². The summed E-state index contributed by atoms with van der Waals surface area (Å²) in [6.45, 7) is 4.49. The normalized spacial score (nSPS) is 9.93. The molecule has 0 unspecified atom stereocenters. The quantitative estimate of drug-likeness (QED) is 0.612. The van der Waals surface area contributed by atoms with Gasteiger partial charge in [-0.05, 0) is 37.6 Å². The molecule has 76 valence electrons. The molecule has 1 aromatic rings. The Balaban J connectivity index is 3.00. The number of carbonyl (C=O) groups excluding carboxylic acids is 1. The number of benzene rings is 1. The predicted molar refractivity (Wildman–Crippen MR) is 60.5 cm³/mol. The smallest absolute Gasteiger partial charge is 0.173 e. The molecule has 0 amide bonds. The summed E-state index contributed by atoms with van der Waals surface area (Å²) in [4.78, 5) is 11.4. The van der Waals surface area contributed by atoms with Crippen LogP contribution in [0.25, 0.3) is 0 Å². The summed E-state index contributed by atoms with van der Waals surface area (Å²) in [6.07, 6.45) is 0.